The second kappa shape index (κ2) is 15.7. The number of thioether (sulfide) groups is 1. The Morgan fingerprint density at radius 1 is 1.03 bits per heavy atom. The van der Waals surface area contributed by atoms with Gasteiger partial charge in [0.05, 0.1) is 12.4 Å². The van der Waals surface area contributed by atoms with Crippen LogP contribution in [0.2, 0.25) is 0 Å². The van der Waals surface area contributed by atoms with Gasteiger partial charge < -0.3 is 36.9 Å². The molecule has 3 amide bonds. The first-order valence-electron chi connectivity index (χ1n) is 12.7. The van der Waals surface area contributed by atoms with Gasteiger partial charge in [-0.1, -0.05) is 32.4 Å². The van der Waals surface area contributed by atoms with E-state index in [2.05, 4.69) is 25.9 Å². The third-order valence-electron chi connectivity index (χ3n) is 6.37. The number of phenolic OH excluding ortho intramolecular Hbond substituents is 1. The molecule has 2 rings (SSSR count). The number of aromatic hydroxyl groups is 1. The Balaban J connectivity index is 2.25. The molecule has 0 fully saturated rings. The summed E-state index contributed by atoms with van der Waals surface area (Å²) >= 11 is 1.56. The molecule has 0 bridgehead atoms. The first-order valence-corrected chi connectivity index (χ1v) is 14.1. The lowest BCUT2D eigenvalue weighted by molar-refractivity contribution is -0.142. The molecule has 13 heteroatoms. The number of phenols is 1. The molecule has 5 unspecified atom stereocenters. The summed E-state index contributed by atoms with van der Waals surface area (Å²) in [6.07, 6.45) is 5.76. The van der Waals surface area contributed by atoms with Gasteiger partial charge in [-0.3, -0.25) is 14.4 Å². The van der Waals surface area contributed by atoms with E-state index in [0.717, 1.165) is 0 Å². The minimum atomic E-state index is -1.28. The van der Waals surface area contributed by atoms with Crippen molar-refractivity contribution in [2.24, 2.45) is 11.7 Å². The number of carbonyl (C=O) groups is 4. The fourth-order valence-electron chi connectivity index (χ4n) is 3.77. The average Bonchev–Trinajstić information content (AvgIpc) is 3.43. The Hall–Kier alpha value is -3.58. The van der Waals surface area contributed by atoms with E-state index in [0.29, 0.717) is 29.9 Å². The SMILES string of the molecule is CCC(C)C(NC(=O)C(N)CCSC)C(=O)NC(Cc1ccc(O)cc1)C(=O)NC(Cc1cnc[nH]1)C(=O)O. The van der Waals surface area contributed by atoms with E-state index in [1.807, 2.05) is 13.2 Å². The van der Waals surface area contributed by atoms with Crippen LogP contribution in [0.3, 0.4) is 0 Å². The van der Waals surface area contributed by atoms with Crippen LogP contribution in [0.5, 0.6) is 5.75 Å². The van der Waals surface area contributed by atoms with Crippen LogP contribution in [0, 0.1) is 5.92 Å². The number of amides is 3. The number of H-pyrrole nitrogens is 1. The van der Waals surface area contributed by atoms with Crippen molar-refractivity contribution in [1.29, 1.82) is 0 Å². The molecular weight excluding hydrogens is 524 g/mol. The summed E-state index contributed by atoms with van der Waals surface area (Å²) in [5.74, 6) is -2.57. The van der Waals surface area contributed by atoms with Crippen molar-refractivity contribution < 1.29 is 29.4 Å². The Labute approximate surface area is 231 Å². The third kappa shape index (κ3) is 10.2. The van der Waals surface area contributed by atoms with Gasteiger partial charge in [-0.25, -0.2) is 9.78 Å². The Morgan fingerprint density at radius 2 is 1.69 bits per heavy atom. The highest BCUT2D eigenvalue weighted by Gasteiger charge is 2.32. The molecule has 39 heavy (non-hydrogen) atoms. The molecule has 0 aliphatic carbocycles. The highest BCUT2D eigenvalue weighted by molar-refractivity contribution is 7.98. The van der Waals surface area contributed by atoms with Crippen molar-refractivity contribution in [2.45, 2.75) is 63.7 Å². The zero-order valence-corrected chi connectivity index (χ0v) is 23.2. The minimum Gasteiger partial charge on any atom is -0.508 e. The standard InChI is InChI=1S/C26H38N6O6S/c1-4-15(2)22(32-23(34)19(27)9-10-39-3)25(36)30-20(11-16-5-7-18(33)8-6-16)24(35)31-21(26(37)38)12-17-13-28-14-29-17/h5-8,13-15,19-22,33H,4,9-12,27H2,1-3H3,(H,28,29)(H,30,36)(H,31,35)(H,32,34)(H,37,38). The Kier molecular flexibility index (Phi) is 12.8. The fraction of sp³-hybridized carbons (Fsp3) is 0.500. The van der Waals surface area contributed by atoms with E-state index in [1.165, 1.54) is 24.7 Å². The number of aliphatic carboxylic acids is 1. The summed E-state index contributed by atoms with van der Waals surface area (Å²) in [4.78, 5) is 58.0. The predicted octanol–water partition coefficient (Wildman–Crippen LogP) is 0.566. The van der Waals surface area contributed by atoms with Gasteiger partial charge in [0.2, 0.25) is 17.7 Å². The number of rotatable bonds is 16. The lowest BCUT2D eigenvalue weighted by Gasteiger charge is -2.28. The summed E-state index contributed by atoms with van der Waals surface area (Å²) in [6, 6.07) is 1.89. The molecule has 0 radical (unpaired) electrons. The van der Waals surface area contributed by atoms with E-state index in [1.54, 1.807) is 30.8 Å². The number of nitrogens with zero attached hydrogens (tertiary/aromatic N) is 1. The van der Waals surface area contributed by atoms with E-state index >= 15 is 0 Å². The van der Waals surface area contributed by atoms with Gasteiger partial charge >= 0.3 is 5.97 Å². The smallest absolute Gasteiger partial charge is 0.326 e. The molecule has 1 heterocycles. The zero-order chi connectivity index (χ0) is 28.9. The average molecular weight is 563 g/mol. The maximum absolute atomic E-state index is 13.4. The monoisotopic (exact) mass is 562 g/mol. The molecule has 0 aliphatic heterocycles. The minimum absolute atomic E-state index is 0.0165. The van der Waals surface area contributed by atoms with Gasteiger partial charge in [0, 0.05) is 24.7 Å². The second-order valence-electron chi connectivity index (χ2n) is 9.37. The summed E-state index contributed by atoms with van der Waals surface area (Å²) in [7, 11) is 0. The van der Waals surface area contributed by atoms with Crippen molar-refractivity contribution >= 4 is 35.5 Å². The molecule has 214 valence electrons. The van der Waals surface area contributed by atoms with Gasteiger partial charge in [-0.15, -0.1) is 0 Å². The van der Waals surface area contributed by atoms with Gasteiger partial charge in [0.1, 0.15) is 23.9 Å². The second-order valence-corrected chi connectivity index (χ2v) is 10.4. The maximum atomic E-state index is 13.4. The van der Waals surface area contributed by atoms with Gasteiger partial charge in [0.25, 0.3) is 0 Å². The number of carboxylic acid groups (broad SMARTS) is 1. The van der Waals surface area contributed by atoms with Crippen LogP contribution >= 0.6 is 11.8 Å². The maximum Gasteiger partial charge on any atom is 0.326 e. The molecule has 0 spiro atoms. The number of hydrogen-bond acceptors (Lipinski definition) is 8. The first kappa shape index (κ1) is 31.6. The van der Waals surface area contributed by atoms with Gasteiger partial charge in [-0.05, 0) is 42.0 Å². The lowest BCUT2D eigenvalue weighted by atomic mass is 9.96. The Morgan fingerprint density at radius 3 is 2.26 bits per heavy atom. The number of nitrogens with two attached hydrogens (primary N) is 1. The quantitative estimate of drug-likeness (QED) is 0.153. The molecule has 12 nitrogen and oxygen atoms in total. The highest BCUT2D eigenvalue weighted by Crippen LogP contribution is 2.14. The van der Waals surface area contributed by atoms with Crippen LogP contribution in [-0.4, -0.2) is 80.0 Å². The van der Waals surface area contributed by atoms with Crippen molar-refractivity contribution in [3.05, 3.63) is 48.0 Å². The number of benzene rings is 1. The molecule has 0 saturated heterocycles. The van der Waals surface area contributed by atoms with Crippen LogP contribution in [-0.2, 0) is 32.0 Å². The number of hydrogen-bond donors (Lipinski definition) is 7. The van der Waals surface area contributed by atoms with E-state index in [-0.39, 0.29) is 24.5 Å². The normalized spacial score (nSPS) is 14.9. The molecule has 5 atom stereocenters. The van der Waals surface area contributed by atoms with Crippen LogP contribution in [0.1, 0.15) is 37.9 Å². The molecule has 0 aliphatic rings. The number of carbonyl (C=O) groups excluding carboxylic acids is 3. The lowest BCUT2D eigenvalue weighted by Crippen LogP contribution is -2.59. The molecule has 0 saturated carbocycles. The molecule has 2 aromatic rings. The van der Waals surface area contributed by atoms with E-state index in [9.17, 15) is 29.4 Å². The van der Waals surface area contributed by atoms with E-state index < -0.39 is 47.9 Å². The fourth-order valence-corrected chi connectivity index (χ4v) is 4.25. The van der Waals surface area contributed by atoms with E-state index in [4.69, 9.17) is 5.73 Å². The summed E-state index contributed by atoms with van der Waals surface area (Å²) < 4.78 is 0. The first-order chi connectivity index (χ1) is 18.5. The Bertz CT molecular complexity index is 1080. The number of aromatic amines is 1. The van der Waals surface area contributed by atoms with Crippen molar-refractivity contribution in [3.8, 4) is 5.75 Å². The van der Waals surface area contributed by atoms with Crippen LogP contribution in [0.4, 0.5) is 0 Å². The van der Waals surface area contributed by atoms with Crippen molar-refractivity contribution in [3.63, 3.8) is 0 Å². The summed E-state index contributed by atoms with van der Waals surface area (Å²) in [5, 5.41) is 27.2. The van der Waals surface area contributed by atoms with Crippen LogP contribution in [0.15, 0.2) is 36.8 Å². The van der Waals surface area contributed by atoms with Crippen LogP contribution in [0.25, 0.3) is 0 Å². The molecular formula is C26H38N6O6S. The molecule has 1 aromatic carbocycles. The zero-order valence-electron chi connectivity index (χ0n) is 22.3. The molecule has 1 aromatic heterocycles. The van der Waals surface area contributed by atoms with Crippen molar-refractivity contribution in [1.82, 2.24) is 25.9 Å². The number of aromatic nitrogens is 2. The highest BCUT2D eigenvalue weighted by atomic mass is 32.2. The van der Waals surface area contributed by atoms with Gasteiger partial charge in [-0.2, -0.15) is 11.8 Å². The summed E-state index contributed by atoms with van der Waals surface area (Å²) in [5.41, 5.74) is 7.13. The van der Waals surface area contributed by atoms with Crippen molar-refractivity contribution in [2.75, 3.05) is 12.0 Å². The van der Waals surface area contributed by atoms with Gasteiger partial charge in [0.15, 0.2) is 0 Å². The number of nitrogens with one attached hydrogen (secondary N) is 4. The van der Waals surface area contributed by atoms with Crippen LogP contribution < -0.4 is 21.7 Å². The third-order valence-corrected chi connectivity index (χ3v) is 7.01. The summed E-state index contributed by atoms with van der Waals surface area (Å²) in [6.45, 7) is 3.68. The molecule has 8 N–H and O–H groups in total. The largest absolute Gasteiger partial charge is 0.508 e. The number of carboxylic acids is 1. The predicted molar refractivity (Wildman–Crippen MR) is 148 cm³/mol. The topological polar surface area (TPSA) is 200 Å². The number of imidazole rings is 1.